The zero-order valence-corrected chi connectivity index (χ0v) is 17.5. The van der Waals surface area contributed by atoms with E-state index in [4.69, 9.17) is 5.11 Å². The largest absolute Gasteiger partial charge is 0.388 e. The number of fused-ring (bicyclic) bond motifs is 5. The van der Waals surface area contributed by atoms with E-state index < -0.39 is 6.61 Å². The van der Waals surface area contributed by atoms with E-state index in [0.717, 1.165) is 37.9 Å². The summed E-state index contributed by atoms with van der Waals surface area (Å²) in [5, 5.41) is 10.2. The van der Waals surface area contributed by atoms with Crippen LogP contribution in [0.1, 0.15) is 47.7 Å². The second-order valence-corrected chi connectivity index (χ2v) is 8.41. The highest BCUT2D eigenvalue weighted by Crippen LogP contribution is 2.42. The van der Waals surface area contributed by atoms with Gasteiger partial charge in [0.2, 0.25) is 5.91 Å². The number of hydrogen-bond acceptors (Lipinski definition) is 3. The van der Waals surface area contributed by atoms with Gasteiger partial charge in [0.25, 0.3) is 0 Å². The van der Waals surface area contributed by atoms with Crippen molar-refractivity contribution in [1.29, 1.82) is 0 Å². The highest BCUT2D eigenvalue weighted by molar-refractivity contribution is 5.94. The van der Waals surface area contributed by atoms with E-state index in [1.807, 2.05) is 12.1 Å². The summed E-state index contributed by atoms with van der Waals surface area (Å²) in [6.45, 7) is 1.09. The summed E-state index contributed by atoms with van der Waals surface area (Å²) in [4.78, 5) is 25.9. The van der Waals surface area contributed by atoms with Crippen LogP contribution in [0, 0.1) is 0 Å². The van der Waals surface area contributed by atoms with Crippen LogP contribution in [-0.2, 0) is 22.6 Å². The fraction of sp³-hybridized carbons (Fsp3) is 0.308. The lowest BCUT2D eigenvalue weighted by Gasteiger charge is -2.40. The van der Waals surface area contributed by atoms with Gasteiger partial charge in [0.15, 0.2) is 5.78 Å². The van der Waals surface area contributed by atoms with E-state index >= 15 is 0 Å². The van der Waals surface area contributed by atoms with Gasteiger partial charge in [-0.05, 0) is 48.1 Å². The van der Waals surface area contributed by atoms with E-state index in [0.29, 0.717) is 6.42 Å². The average Bonchev–Trinajstić information content (AvgIpc) is 3.13. The van der Waals surface area contributed by atoms with Crippen LogP contribution in [-0.4, -0.2) is 39.4 Å². The highest BCUT2D eigenvalue weighted by Gasteiger charge is 2.37. The van der Waals surface area contributed by atoms with Crippen molar-refractivity contribution >= 4 is 28.7 Å². The minimum atomic E-state index is -0.471. The lowest BCUT2D eigenvalue weighted by atomic mass is 9.90. The molecule has 5 heteroatoms. The number of ketones is 1. The molecule has 5 nitrogen and oxygen atoms in total. The number of para-hydroxylation sites is 1. The number of nitrogens with zero attached hydrogens (tertiary/aromatic N) is 2. The number of rotatable bonds is 5. The average molecular weight is 415 g/mol. The third-order valence-electron chi connectivity index (χ3n) is 6.54. The highest BCUT2D eigenvalue weighted by atomic mass is 16.3. The number of hydrogen-bond donors (Lipinski definition) is 1. The fourth-order valence-electron chi connectivity index (χ4n) is 5.08. The van der Waals surface area contributed by atoms with Gasteiger partial charge in [0, 0.05) is 36.1 Å². The van der Waals surface area contributed by atoms with Gasteiger partial charge < -0.3 is 14.6 Å². The van der Waals surface area contributed by atoms with Gasteiger partial charge in [-0.3, -0.25) is 9.59 Å². The zero-order chi connectivity index (χ0) is 21.4. The van der Waals surface area contributed by atoms with E-state index in [2.05, 4.69) is 45.9 Å². The van der Waals surface area contributed by atoms with Gasteiger partial charge in [0.1, 0.15) is 6.61 Å². The lowest BCUT2D eigenvalue weighted by molar-refractivity contribution is -0.137. The number of amides is 1. The smallest absolute Gasteiger partial charge is 0.223 e. The molecule has 1 saturated heterocycles. The Morgan fingerprint density at radius 3 is 2.71 bits per heavy atom. The van der Waals surface area contributed by atoms with Crippen LogP contribution < -0.4 is 0 Å². The molecular weight excluding hydrogens is 388 g/mol. The normalized spacial score (nSPS) is 18.4. The molecule has 1 fully saturated rings. The van der Waals surface area contributed by atoms with Crippen molar-refractivity contribution in [3.05, 3.63) is 77.0 Å². The molecule has 2 aromatic carbocycles. The Bertz CT molecular complexity index is 1170. The molecule has 0 saturated carbocycles. The van der Waals surface area contributed by atoms with Crippen LogP contribution in [0.15, 0.2) is 54.6 Å². The van der Waals surface area contributed by atoms with Crippen LogP contribution in [0.4, 0.5) is 0 Å². The maximum Gasteiger partial charge on any atom is 0.223 e. The molecule has 5 rings (SSSR count). The quantitative estimate of drug-likeness (QED) is 0.645. The summed E-state index contributed by atoms with van der Waals surface area (Å²) in [6, 6.07) is 16.9. The summed E-state index contributed by atoms with van der Waals surface area (Å²) in [5.74, 6) is -0.0200. The molecule has 0 radical (unpaired) electrons. The van der Waals surface area contributed by atoms with Crippen LogP contribution >= 0.6 is 0 Å². The first-order chi connectivity index (χ1) is 15.2. The molecule has 1 atom stereocenters. The van der Waals surface area contributed by atoms with Gasteiger partial charge in [-0.15, -0.1) is 0 Å². The van der Waals surface area contributed by atoms with Gasteiger partial charge in [-0.25, -0.2) is 0 Å². The van der Waals surface area contributed by atoms with Crippen LogP contribution in [0.2, 0.25) is 0 Å². The molecule has 1 N–H and O–H groups in total. The second kappa shape index (κ2) is 8.16. The Hall–Kier alpha value is -3.18. The molecule has 31 heavy (non-hydrogen) atoms. The van der Waals surface area contributed by atoms with E-state index in [1.54, 1.807) is 6.08 Å². The number of benzene rings is 2. The zero-order valence-electron chi connectivity index (χ0n) is 17.5. The Labute approximate surface area is 181 Å². The number of carbonyl (C=O) groups excluding carboxylic acids is 2. The summed E-state index contributed by atoms with van der Waals surface area (Å²) >= 11 is 0. The number of aromatic nitrogens is 1. The maximum absolute atomic E-state index is 12.6. The molecule has 0 spiro atoms. The first-order valence-corrected chi connectivity index (χ1v) is 11.0. The maximum atomic E-state index is 12.6. The summed E-state index contributed by atoms with van der Waals surface area (Å²) in [7, 11) is 0. The predicted molar refractivity (Wildman–Crippen MR) is 121 cm³/mol. The van der Waals surface area contributed by atoms with E-state index in [-0.39, 0.29) is 17.7 Å². The first-order valence-electron chi connectivity index (χ1n) is 11.0. The Morgan fingerprint density at radius 2 is 1.90 bits per heavy atom. The van der Waals surface area contributed by atoms with Gasteiger partial charge >= 0.3 is 0 Å². The molecular formula is C26H26N2O3. The summed E-state index contributed by atoms with van der Waals surface area (Å²) in [6.07, 6.45) is 6.68. The standard InChI is InChI=1S/C26H26N2O3/c29-17-20(30)13-12-18-8-10-19(11-9-18)16-28-23-5-2-1-4-21(23)22-14-15-27-24(26(22)28)6-3-7-25(27)31/h1-2,4-5,8-13,24,29H,3,6-7,14-17H2/b13-12+. The number of aliphatic hydroxyl groups is 1. The van der Waals surface area contributed by atoms with Crippen molar-refractivity contribution in [3.63, 3.8) is 0 Å². The second-order valence-electron chi connectivity index (χ2n) is 8.41. The van der Waals surface area contributed by atoms with Crippen molar-refractivity contribution in [2.75, 3.05) is 13.2 Å². The van der Waals surface area contributed by atoms with Gasteiger partial charge in [0.05, 0.1) is 6.04 Å². The first kappa shape index (κ1) is 19.8. The Balaban J connectivity index is 1.52. The molecule has 2 aliphatic rings. The fourth-order valence-corrected chi connectivity index (χ4v) is 5.08. The molecule has 1 unspecified atom stereocenters. The molecule has 3 aromatic rings. The number of aliphatic hydroxyl groups excluding tert-OH is 1. The van der Waals surface area contributed by atoms with Crippen molar-refractivity contribution in [1.82, 2.24) is 9.47 Å². The molecule has 2 aliphatic heterocycles. The van der Waals surface area contributed by atoms with E-state index in [1.165, 1.54) is 33.8 Å². The molecule has 158 valence electrons. The Kier molecular flexibility index (Phi) is 5.20. The third kappa shape index (κ3) is 3.59. The topological polar surface area (TPSA) is 62.5 Å². The van der Waals surface area contributed by atoms with Crippen molar-refractivity contribution < 1.29 is 14.7 Å². The van der Waals surface area contributed by atoms with E-state index in [9.17, 15) is 9.59 Å². The summed E-state index contributed by atoms with van der Waals surface area (Å²) in [5.41, 5.74) is 6.03. The van der Waals surface area contributed by atoms with Crippen molar-refractivity contribution in [2.45, 2.75) is 38.3 Å². The summed E-state index contributed by atoms with van der Waals surface area (Å²) < 4.78 is 2.40. The third-order valence-corrected chi connectivity index (χ3v) is 6.54. The molecule has 0 bridgehead atoms. The predicted octanol–water partition coefficient (Wildman–Crippen LogP) is 3.87. The number of carbonyl (C=O) groups is 2. The van der Waals surface area contributed by atoms with Crippen LogP contribution in [0.3, 0.4) is 0 Å². The van der Waals surface area contributed by atoms with Gasteiger partial charge in [-0.1, -0.05) is 48.5 Å². The van der Waals surface area contributed by atoms with Crippen LogP contribution in [0.25, 0.3) is 17.0 Å². The lowest BCUT2D eigenvalue weighted by Crippen LogP contribution is -2.43. The minimum Gasteiger partial charge on any atom is -0.388 e. The molecule has 1 amide bonds. The van der Waals surface area contributed by atoms with Crippen molar-refractivity contribution in [2.24, 2.45) is 0 Å². The molecule has 1 aromatic heterocycles. The number of piperidine rings is 1. The SMILES string of the molecule is O=C(/C=C/c1ccc(Cn2c3c(c4ccccc42)CCN2C(=O)CCCC32)cc1)CO. The monoisotopic (exact) mass is 414 g/mol. The Morgan fingerprint density at radius 1 is 1.10 bits per heavy atom. The van der Waals surface area contributed by atoms with Crippen molar-refractivity contribution in [3.8, 4) is 0 Å². The van der Waals surface area contributed by atoms with Crippen LogP contribution in [0.5, 0.6) is 0 Å². The molecule has 0 aliphatic carbocycles. The van der Waals surface area contributed by atoms with Gasteiger partial charge in [-0.2, -0.15) is 0 Å². The molecule has 3 heterocycles. The minimum absolute atomic E-state index is 0.170.